The first kappa shape index (κ1) is 17.6. The number of thiazole rings is 1. The van der Waals surface area contributed by atoms with E-state index >= 15 is 0 Å². The predicted molar refractivity (Wildman–Crippen MR) is 98.2 cm³/mol. The van der Waals surface area contributed by atoms with Gasteiger partial charge in [0.2, 0.25) is 0 Å². The monoisotopic (exact) mass is 361 g/mol. The average Bonchev–Trinajstić information content (AvgIpc) is 3.25. The molecule has 1 aliphatic heterocycles. The summed E-state index contributed by atoms with van der Waals surface area (Å²) in [6, 6.07) is 1.61. The van der Waals surface area contributed by atoms with Crippen LogP contribution in [-0.2, 0) is 13.5 Å². The molecule has 2 aromatic rings. The highest BCUT2D eigenvalue weighted by molar-refractivity contribution is 7.09. The molecule has 134 valence electrons. The number of carbonyl (C=O) groups is 1. The Morgan fingerprint density at radius 1 is 1.48 bits per heavy atom. The number of nitrogens with zero attached hydrogens (tertiary/aromatic N) is 4. The highest BCUT2D eigenvalue weighted by Gasteiger charge is 2.24. The van der Waals surface area contributed by atoms with Crippen LogP contribution >= 0.6 is 11.3 Å². The summed E-state index contributed by atoms with van der Waals surface area (Å²) in [6.07, 6.45) is 4.64. The number of amides is 1. The molecule has 1 N–H and O–H groups in total. The van der Waals surface area contributed by atoms with E-state index in [4.69, 9.17) is 0 Å². The minimum atomic E-state index is -0.110. The second kappa shape index (κ2) is 7.77. The molecule has 1 saturated heterocycles. The van der Waals surface area contributed by atoms with Crippen molar-refractivity contribution in [1.29, 1.82) is 0 Å². The van der Waals surface area contributed by atoms with Crippen LogP contribution in [0.1, 0.15) is 35.3 Å². The van der Waals surface area contributed by atoms with Crippen LogP contribution in [0.3, 0.4) is 0 Å². The van der Waals surface area contributed by atoms with Gasteiger partial charge in [-0.1, -0.05) is 6.92 Å². The van der Waals surface area contributed by atoms with Crippen LogP contribution in [0.25, 0.3) is 0 Å². The van der Waals surface area contributed by atoms with E-state index in [1.165, 1.54) is 4.68 Å². The van der Waals surface area contributed by atoms with Crippen molar-refractivity contribution < 1.29 is 4.79 Å². The first-order valence-electron chi connectivity index (χ1n) is 8.57. The summed E-state index contributed by atoms with van der Waals surface area (Å²) >= 11 is 1.54. The first-order valence-corrected chi connectivity index (χ1v) is 9.45. The molecule has 0 saturated carbocycles. The highest BCUT2D eigenvalue weighted by atomic mass is 32.1. The molecule has 0 aromatic carbocycles. The van der Waals surface area contributed by atoms with Gasteiger partial charge in [0.15, 0.2) is 0 Å². The Balaban J connectivity index is 1.51. The lowest BCUT2D eigenvalue weighted by Gasteiger charge is -2.18. The minimum Gasteiger partial charge on any atom is -0.370 e. The molecule has 0 spiro atoms. The molecule has 3 heterocycles. The molecule has 0 bridgehead atoms. The lowest BCUT2D eigenvalue weighted by molar-refractivity contribution is 0.0944. The Morgan fingerprint density at radius 3 is 3.08 bits per heavy atom. The molecule has 3 rings (SSSR count). The van der Waals surface area contributed by atoms with E-state index < -0.39 is 0 Å². The quantitative estimate of drug-likeness (QED) is 0.842. The van der Waals surface area contributed by atoms with Crippen molar-refractivity contribution in [3.63, 3.8) is 0 Å². The summed E-state index contributed by atoms with van der Waals surface area (Å²) in [7, 11) is 1.64. The Labute approximate surface area is 150 Å². The van der Waals surface area contributed by atoms with Crippen molar-refractivity contribution in [2.45, 2.75) is 26.2 Å². The van der Waals surface area contributed by atoms with Crippen molar-refractivity contribution in [2.75, 3.05) is 24.5 Å². The predicted octanol–water partition coefficient (Wildman–Crippen LogP) is 1.45. The molecule has 1 unspecified atom stereocenters. The topological polar surface area (TPSA) is 80.1 Å². The van der Waals surface area contributed by atoms with Crippen LogP contribution in [0.4, 0.5) is 5.69 Å². The summed E-state index contributed by atoms with van der Waals surface area (Å²) in [6.45, 7) is 4.40. The van der Waals surface area contributed by atoms with Gasteiger partial charge in [0.05, 0.1) is 16.9 Å². The fourth-order valence-corrected chi connectivity index (χ4v) is 3.82. The summed E-state index contributed by atoms with van der Waals surface area (Å²) < 4.78 is 1.32. The molecular weight excluding hydrogens is 338 g/mol. The van der Waals surface area contributed by atoms with Crippen LogP contribution < -0.4 is 15.8 Å². The van der Waals surface area contributed by atoms with Crippen LogP contribution in [0.5, 0.6) is 0 Å². The molecular formula is C17H23N5O2S. The Kier molecular flexibility index (Phi) is 5.47. The maximum Gasteiger partial charge on any atom is 0.270 e. The summed E-state index contributed by atoms with van der Waals surface area (Å²) in [5.41, 5.74) is 1.25. The van der Waals surface area contributed by atoms with E-state index in [-0.39, 0.29) is 11.5 Å². The number of nitrogens with one attached hydrogen (secondary N) is 1. The second-order valence-corrected chi connectivity index (χ2v) is 7.31. The minimum absolute atomic E-state index is 0.104. The van der Waals surface area contributed by atoms with Crippen molar-refractivity contribution in [3.8, 4) is 0 Å². The van der Waals surface area contributed by atoms with Gasteiger partial charge in [0.1, 0.15) is 5.69 Å². The number of aryl methyl sites for hydroxylation is 2. The Bertz CT molecular complexity index is 800. The molecule has 2 aromatic heterocycles. The third kappa shape index (κ3) is 4.25. The van der Waals surface area contributed by atoms with Gasteiger partial charge in [-0.05, 0) is 25.2 Å². The fourth-order valence-electron chi connectivity index (χ4n) is 2.94. The number of rotatable bonds is 6. The van der Waals surface area contributed by atoms with E-state index in [1.807, 2.05) is 5.38 Å². The van der Waals surface area contributed by atoms with Crippen LogP contribution in [0.2, 0.25) is 0 Å². The molecule has 8 heteroatoms. The summed E-state index contributed by atoms with van der Waals surface area (Å²) in [5.74, 6) is 0.258. The lowest BCUT2D eigenvalue weighted by atomic mass is 10.1. The number of hydrogen-bond donors (Lipinski definition) is 1. The number of carbonyl (C=O) groups excluding carboxylic acids is 1. The molecule has 1 atom stereocenters. The van der Waals surface area contributed by atoms with E-state index in [1.54, 1.807) is 30.6 Å². The molecule has 0 radical (unpaired) electrons. The maximum atomic E-state index is 12.2. The third-order valence-corrected chi connectivity index (χ3v) is 5.31. The highest BCUT2D eigenvalue weighted by Crippen LogP contribution is 2.21. The van der Waals surface area contributed by atoms with Crippen molar-refractivity contribution >= 4 is 22.9 Å². The summed E-state index contributed by atoms with van der Waals surface area (Å²) in [4.78, 5) is 30.4. The molecule has 1 aliphatic rings. The number of anilines is 1. The Hall–Kier alpha value is -2.22. The molecule has 0 aliphatic carbocycles. The van der Waals surface area contributed by atoms with Gasteiger partial charge in [-0.25, -0.2) is 9.67 Å². The third-order valence-electron chi connectivity index (χ3n) is 4.40. The molecule has 25 heavy (non-hydrogen) atoms. The van der Waals surface area contributed by atoms with E-state index in [2.05, 4.69) is 27.2 Å². The van der Waals surface area contributed by atoms with Gasteiger partial charge in [-0.15, -0.1) is 11.3 Å². The molecule has 1 fully saturated rings. The second-order valence-electron chi connectivity index (χ2n) is 6.36. The van der Waals surface area contributed by atoms with Crippen LogP contribution in [0.15, 0.2) is 22.4 Å². The van der Waals surface area contributed by atoms with Gasteiger partial charge in [0, 0.05) is 38.1 Å². The Morgan fingerprint density at radius 2 is 2.32 bits per heavy atom. The zero-order valence-corrected chi connectivity index (χ0v) is 15.4. The van der Waals surface area contributed by atoms with Gasteiger partial charge in [-0.3, -0.25) is 9.59 Å². The zero-order valence-electron chi connectivity index (χ0n) is 14.6. The van der Waals surface area contributed by atoms with Crippen molar-refractivity contribution in [2.24, 2.45) is 13.0 Å². The SMILES string of the molecule is CCCc1nc(C(=O)NCC2CCN(c3cnn(C)c(=O)c3)C2)cs1. The molecule has 1 amide bonds. The van der Waals surface area contributed by atoms with Crippen LogP contribution in [0, 0.1) is 5.92 Å². The number of aromatic nitrogens is 3. The lowest BCUT2D eigenvalue weighted by Crippen LogP contribution is -2.31. The zero-order chi connectivity index (χ0) is 17.8. The van der Waals surface area contributed by atoms with Gasteiger partial charge in [-0.2, -0.15) is 5.10 Å². The average molecular weight is 361 g/mol. The molecule has 7 nitrogen and oxygen atoms in total. The normalized spacial score (nSPS) is 17.0. The van der Waals surface area contributed by atoms with E-state index in [0.29, 0.717) is 18.2 Å². The van der Waals surface area contributed by atoms with E-state index in [0.717, 1.165) is 43.0 Å². The summed E-state index contributed by atoms with van der Waals surface area (Å²) in [5, 5.41) is 9.89. The number of hydrogen-bond acceptors (Lipinski definition) is 6. The maximum absolute atomic E-state index is 12.2. The smallest absolute Gasteiger partial charge is 0.270 e. The van der Waals surface area contributed by atoms with Gasteiger partial charge in [0.25, 0.3) is 11.5 Å². The van der Waals surface area contributed by atoms with Crippen molar-refractivity contribution in [3.05, 3.63) is 38.7 Å². The van der Waals surface area contributed by atoms with E-state index in [9.17, 15) is 9.59 Å². The fraction of sp³-hybridized carbons (Fsp3) is 0.529. The van der Waals surface area contributed by atoms with Gasteiger partial charge < -0.3 is 10.2 Å². The largest absolute Gasteiger partial charge is 0.370 e. The van der Waals surface area contributed by atoms with Crippen LogP contribution in [-0.4, -0.2) is 40.3 Å². The first-order chi connectivity index (χ1) is 12.1. The van der Waals surface area contributed by atoms with Gasteiger partial charge >= 0.3 is 0 Å². The van der Waals surface area contributed by atoms with Crippen molar-refractivity contribution in [1.82, 2.24) is 20.1 Å². The standard InChI is InChI=1S/C17H23N5O2S/c1-3-4-15-20-14(11-25-15)17(24)18-8-12-5-6-22(10-12)13-7-16(23)21(2)19-9-13/h7,9,11-12H,3-6,8,10H2,1-2H3,(H,18,24).